The summed E-state index contributed by atoms with van der Waals surface area (Å²) in [6.45, 7) is 3.32. The van der Waals surface area contributed by atoms with Crippen molar-refractivity contribution in [3.63, 3.8) is 0 Å². The van der Waals surface area contributed by atoms with Gasteiger partial charge in [-0.1, -0.05) is 13.8 Å². The van der Waals surface area contributed by atoms with Crippen molar-refractivity contribution in [3.05, 3.63) is 17.7 Å². The number of aliphatic imine (C=N–C) groups is 1. The number of hydrogen-bond acceptors (Lipinski definition) is 6. The number of carboxylic acids is 1. The number of carbonyl (C=O) groups is 1. The molecule has 3 N–H and O–H groups in total. The zero-order valence-electron chi connectivity index (χ0n) is 12.2. The Balaban J connectivity index is 3.38. The van der Waals surface area contributed by atoms with Gasteiger partial charge in [0.25, 0.3) is 10.1 Å². The zero-order valence-corrected chi connectivity index (χ0v) is 13.0. The lowest BCUT2D eigenvalue weighted by molar-refractivity contribution is -0.139. The Morgan fingerprint density at radius 2 is 1.95 bits per heavy atom. The van der Waals surface area contributed by atoms with Gasteiger partial charge in [0.2, 0.25) is 0 Å². The Labute approximate surface area is 127 Å². The number of methoxy groups -OCH3 is 1. The van der Waals surface area contributed by atoms with Crippen LogP contribution in [0.4, 0.5) is 0 Å². The van der Waals surface area contributed by atoms with Crippen LogP contribution in [0, 0.1) is 5.92 Å². The first kappa shape index (κ1) is 17.9. The Bertz CT molecular complexity index is 695. The molecular weight excluding hydrogens is 314 g/mol. The smallest absolute Gasteiger partial charge is 0.328 e. The van der Waals surface area contributed by atoms with E-state index >= 15 is 0 Å². The minimum atomic E-state index is -4.51. The molecule has 9 heteroatoms. The lowest BCUT2D eigenvalue weighted by atomic mass is 10.1. The van der Waals surface area contributed by atoms with Crippen LogP contribution in [0.1, 0.15) is 19.4 Å². The summed E-state index contributed by atoms with van der Waals surface area (Å²) in [7, 11) is -3.31. The maximum Gasteiger partial charge on any atom is 0.328 e. The van der Waals surface area contributed by atoms with Gasteiger partial charge in [0.15, 0.2) is 11.5 Å². The van der Waals surface area contributed by atoms with Gasteiger partial charge in [-0.25, -0.2) is 4.79 Å². The first-order valence-corrected chi connectivity index (χ1v) is 7.66. The molecule has 0 aliphatic carbocycles. The lowest BCUT2D eigenvalue weighted by Crippen LogP contribution is -2.24. The normalized spacial score (nSPS) is 13.5. The van der Waals surface area contributed by atoms with Gasteiger partial charge in [0, 0.05) is 17.8 Å². The summed E-state index contributed by atoms with van der Waals surface area (Å²) in [5.74, 6) is -2.05. The van der Waals surface area contributed by atoms with Crippen molar-refractivity contribution in [2.45, 2.75) is 24.8 Å². The highest BCUT2D eigenvalue weighted by Gasteiger charge is 2.21. The molecule has 1 rings (SSSR count). The van der Waals surface area contributed by atoms with E-state index in [0.717, 1.165) is 18.3 Å². The third kappa shape index (κ3) is 4.18. The van der Waals surface area contributed by atoms with Crippen molar-refractivity contribution >= 4 is 22.3 Å². The standard InChI is InChI=1S/C13H17NO7S/c1-7(2)11(13(16)17)14-6-8-4-9(22(18,19)20)5-10(21-3)12(8)15/h4-7,11,15H,1-3H3,(H,16,17)(H,18,19,20)/t11-/m0/s1. The molecule has 0 saturated heterocycles. The molecule has 0 aromatic heterocycles. The van der Waals surface area contributed by atoms with Crippen molar-refractivity contribution in [2.24, 2.45) is 10.9 Å². The number of benzene rings is 1. The Morgan fingerprint density at radius 3 is 2.36 bits per heavy atom. The molecule has 1 aromatic carbocycles. The van der Waals surface area contributed by atoms with Crippen molar-refractivity contribution < 1.29 is 32.7 Å². The van der Waals surface area contributed by atoms with Crippen molar-refractivity contribution in [1.29, 1.82) is 0 Å². The van der Waals surface area contributed by atoms with Crippen LogP contribution >= 0.6 is 0 Å². The van der Waals surface area contributed by atoms with Crippen LogP contribution in [-0.4, -0.2) is 48.5 Å². The van der Waals surface area contributed by atoms with E-state index in [4.69, 9.17) is 14.4 Å². The van der Waals surface area contributed by atoms with E-state index in [1.54, 1.807) is 13.8 Å². The van der Waals surface area contributed by atoms with Gasteiger partial charge in [0.1, 0.15) is 6.04 Å². The molecule has 122 valence electrons. The number of aliphatic carboxylic acids is 1. The van der Waals surface area contributed by atoms with E-state index in [0.29, 0.717) is 0 Å². The fraction of sp³-hybridized carbons (Fsp3) is 0.385. The molecule has 1 atom stereocenters. The Hall–Kier alpha value is -2.13. The molecule has 0 heterocycles. The highest BCUT2D eigenvalue weighted by Crippen LogP contribution is 2.32. The predicted molar refractivity (Wildman–Crippen MR) is 78.3 cm³/mol. The second-order valence-corrected chi connectivity index (χ2v) is 6.27. The average Bonchev–Trinajstić information content (AvgIpc) is 2.38. The Morgan fingerprint density at radius 1 is 1.36 bits per heavy atom. The zero-order chi connectivity index (χ0) is 17.1. The number of aromatic hydroxyl groups is 1. The molecule has 0 bridgehead atoms. The maximum absolute atomic E-state index is 11.2. The number of hydrogen-bond donors (Lipinski definition) is 3. The first-order valence-electron chi connectivity index (χ1n) is 6.22. The van der Waals surface area contributed by atoms with Gasteiger partial charge in [-0.05, 0) is 12.0 Å². The van der Waals surface area contributed by atoms with Crippen LogP contribution in [-0.2, 0) is 14.9 Å². The fourth-order valence-corrected chi connectivity index (χ4v) is 2.22. The van der Waals surface area contributed by atoms with Gasteiger partial charge < -0.3 is 14.9 Å². The van der Waals surface area contributed by atoms with E-state index in [9.17, 15) is 18.3 Å². The first-order chi connectivity index (χ1) is 10.1. The van der Waals surface area contributed by atoms with Crippen LogP contribution < -0.4 is 4.74 Å². The topological polar surface area (TPSA) is 133 Å². The van der Waals surface area contributed by atoms with Crippen LogP contribution in [0.5, 0.6) is 11.5 Å². The number of nitrogens with zero attached hydrogens (tertiary/aromatic N) is 1. The largest absolute Gasteiger partial charge is 0.504 e. The number of carboxylic acid groups (broad SMARTS) is 1. The number of phenols is 1. The second-order valence-electron chi connectivity index (χ2n) is 4.84. The van der Waals surface area contributed by atoms with Gasteiger partial charge in [-0.15, -0.1) is 0 Å². The molecule has 0 unspecified atom stereocenters. The number of rotatable bonds is 6. The molecule has 0 aliphatic heterocycles. The van der Waals surface area contributed by atoms with Gasteiger partial charge in [-0.2, -0.15) is 8.42 Å². The number of ether oxygens (including phenoxy) is 1. The van der Waals surface area contributed by atoms with Gasteiger partial charge in [-0.3, -0.25) is 9.55 Å². The van der Waals surface area contributed by atoms with Crippen molar-refractivity contribution in [2.75, 3.05) is 7.11 Å². The molecule has 0 amide bonds. The van der Waals surface area contributed by atoms with Crippen LogP contribution in [0.15, 0.2) is 22.0 Å². The maximum atomic E-state index is 11.2. The van der Waals surface area contributed by atoms with Crippen molar-refractivity contribution in [1.82, 2.24) is 0 Å². The predicted octanol–water partition coefficient (Wildman–Crippen LogP) is 1.18. The highest BCUT2D eigenvalue weighted by molar-refractivity contribution is 7.85. The third-order valence-corrected chi connectivity index (χ3v) is 3.69. The summed E-state index contributed by atoms with van der Waals surface area (Å²) in [5, 5.41) is 19.0. The lowest BCUT2D eigenvalue weighted by Gasteiger charge is -2.12. The number of phenolic OH excluding ortho intramolecular Hbond substituents is 1. The van der Waals surface area contributed by atoms with Gasteiger partial charge in [0.05, 0.1) is 12.0 Å². The summed E-state index contributed by atoms with van der Waals surface area (Å²) in [6, 6.07) is 0.856. The van der Waals surface area contributed by atoms with Crippen LogP contribution in [0.2, 0.25) is 0 Å². The fourth-order valence-electron chi connectivity index (χ4n) is 1.69. The summed E-state index contributed by atoms with van der Waals surface area (Å²) < 4.78 is 36.3. The van der Waals surface area contributed by atoms with E-state index in [2.05, 4.69) is 4.99 Å². The second kappa shape index (κ2) is 6.75. The molecule has 8 nitrogen and oxygen atoms in total. The summed E-state index contributed by atoms with van der Waals surface area (Å²) in [6.07, 6.45) is 1.03. The molecule has 0 radical (unpaired) electrons. The van der Waals surface area contributed by atoms with Gasteiger partial charge >= 0.3 is 5.97 Å². The molecule has 0 fully saturated rings. The van der Waals surface area contributed by atoms with Crippen molar-refractivity contribution in [3.8, 4) is 11.5 Å². The molecular formula is C13H17NO7S. The quantitative estimate of drug-likeness (QED) is 0.526. The Kier molecular flexibility index (Phi) is 5.50. The minimum absolute atomic E-state index is 0.0844. The highest BCUT2D eigenvalue weighted by atomic mass is 32.2. The summed E-state index contributed by atoms with van der Waals surface area (Å²) in [5.41, 5.74) is -0.0844. The molecule has 0 saturated carbocycles. The average molecular weight is 331 g/mol. The van der Waals surface area contributed by atoms with E-state index in [-0.39, 0.29) is 17.2 Å². The molecule has 22 heavy (non-hydrogen) atoms. The third-order valence-electron chi connectivity index (χ3n) is 2.85. The molecule has 0 aliphatic rings. The SMILES string of the molecule is COc1cc(S(=O)(=O)O)cc(C=N[C@H](C(=O)O)C(C)C)c1O. The van der Waals surface area contributed by atoms with Crippen LogP contribution in [0.25, 0.3) is 0 Å². The molecule has 1 aromatic rings. The summed E-state index contributed by atoms with van der Waals surface area (Å²) in [4.78, 5) is 14.4. The minimum Gasteiger partial charge on any atom is -0.504 e. The van der Waals surface area contributed by atoms with E-state index < -0.39 is 32.8 Å². The summed E-state index contributed by atoms with van der Waals surface area (Å²) >= 11 is 0. The molecule has 0 spiro atoms. The van der Waals surface area contributed by atoms with Crippen LogP contribution in [0.3, 0.4) is 0 Å². The monoisotopic (exact) mass is 331 g/mol. The van der Waals surface area contributed by atoms with E-state index in [1.807, 2.05) is 0 Å². The van der Waals surface area contributed by atoms with E-state index in [1.165, 1.54) is 7.11 Å².